The molecule has 0 aliphatic heterocycles. The standard InChI is InChI=1S/C23H13Cl4N3O/c24-15-7-5-14(19(26)10-15)12-28-30-23(31)17-11-22(13-6-8-18(25)20(27)9-13)29-21-4-2-1-3-16(17)21/h1-12H,(H,30,31)/b28-12-. The van der Waals surface area contributed by atoms with Crippen LogP contribution >= 0.6 is 46.4 Å². The molecule has 0 fully saturated rings. The van der Waals surface area contributed by atoms with Gasteiger partial charge in [0, 0.05) is 21.5 Å². The number of hydrogen-bond donors (Lipinski definition) is 1. The highest BCUT2D eigenvalue weighted by molar-refractivity contribution is 6.42. The molecule has 31 heavy (non-hydrogen) atoms. The van der Waals surface area contributed by atoms with Crippen LogP contribution in [0.2, 0.25) is 20.1 Å². The first kappa shape index (κ1) is 21.6. The lowest BCUT2D eigenvalue weighted by molar-refractivity contribution is 0.0956. The fourth-order valence-corrected chi connectivity index (χ4v) is 3.75. The number of nitrogens with zero attached hydrogens (tertiary/aromatic N) is 2. The van der Waals surface area contributed by atoms with Crippen molar-refractivity contribution in [1.29, 1.82) is 0 Å². The Morgan fingerprint density at radius 2 is 1.68 bits per heavy atom. The normalized spacial score (nSPS) is 11.2. The second-order valence-electron chi connectivity index (χ2n) is 6.57. The van der Waals surface area contributed by atoms with Gasteiger partial charge in [-0.2, -0.15) is 5.10 Å². The average Bonchev–Trinajstić information content (AvgIpc) is 2.76. The summed E-state index contributed by atoms with van der Waals surface area (Å²) < 4.78 is 0. The van der Waals surface area contributed by atoms with Gasteiger partial charge in [-0.1, -0.05) is 76.7 Å². The Morgan fingerprint density at radius 3 is 2.45 bits per heavy atom. The van der Waals surface area contributed by atoms with E-state index in [0.29, 0.717) is 47.8 Å². The Balaban J connectivity index is 1.69. The number of hydrazone groups is 1. The molecule has 4 rings (SSSR count). The van der Waals surface area contributed by atoms with Crippen LogP contribution in [0.1, 0.15) is 15.9 Å². The summed E-state index contributed by atoms with van der Waals surface area (Å²) in [5.74, 6) is -0.388. The Morgan fingerprint density at radius 1 is 0.871 bits per heavy atom. The minimum absolute atomic E-state index is 0.388. The number of rotatable bonds is 4. The third-order valence-electron chi connectivity index (χ3n) is 4.51. The van der Waals surface area contributed by atoms with E-state index in [0.717, 1.165) is 5.56 Å². The predicted octanol–water partition coefficient (Wildman–Crippen LogP) is 7.28. The zero-order chi connectivity index (χ0) is 22.0. The van der Waals surface area contributed by atoms with Gasteiger partial charge in [0.2, 0.25) is 0 Å². The minimum atomic E-state index is -0.388. The molecule has 1 aromatic heterocycles. The maximum absolute atomic E-state index is 12.9. The molecule has 1 heterocycles. The largest absolute Gasteiger partial charge is 0.272 e. The lowest BCUT2D eigenvalue weighted by atomic mass is 10.0. The highest BCUT2D eigenvalue weighted by Crippen LogP contribution is 2.30. The van der Waals surface area contributed by atoms with E-state index in [9.17, 15) is 4.79 Å². The molecular weight excluding hydrogens is 476 g/mol. The van der Waals surface area contributed by atoms with Crippen molar-refractivity contribution in [1.82, 2.24) is 10.4 Å². The third kappa shape index (κ3) is 4.83. The van der Waals surface area contributed by atoms with Crippen molar-refractivity contribution in [3.63, 3.8) is 0 Å². The summed E-state index contributed by atoms with van der Waals surface area (Å²) in [5.41, 5.74) is 5.59. The molecule has 4 aromatic rings. The van der Waals surface area contributed by atoms with E-state index in [-0.39, 0.29) is 5.91 Å². The molecule has 4 nitrogen and oxygen atoms in total. The molecule has 1 N–H and O–H groups in total. The van der Waals surface area contributed by atoms with Gasteiger partial charge >= 0.3 is 0 Å². The van der Waals surface area contributed by atoms with E-state index in [1.807, 2.05) is 24.3 Å². The van der Waals surface area contributed by atoms with E-state index in [4.69, 9.17) is 46.4 Å². The van der Waals surface area contributed by atoms with E-state index in [2.05, 4.69) is 15.5 Å². The highest BCUT2D eigenvalue weighted by Gasteiger charge is 2.14. The monoisotopic (exact) mass is 487 g/mol. The van der Waals surface area contributed by atoms with E-state index >= 15 is 0 Å². The number of carbonyl (C=O) groups excluding carboxylic acids is 1. The molecule has 0 radical (unpaired) electrons. The topological polar surface area (TPSA) is 54.4 Å². The second kappa shape index (κ2) is 9.25. The lowest BCUT2D eigenvalue weighted by Crippen LogP contribution is -2.18. The van der Waals surface area contributed by atoms with Crippen molar-refractivity contribution in [2.24, 2.45) is 5.10 Å². The smallest absolute Gasteiger partial charge is 0.267 e. The Kier molecular flexibility index (Phi) is 6.44. The Hall–Kier alpha value is -2.63. The molecule has 154 valence electrons. The van der Waals surface area contributed by atoms with Crippen LogP contribution in [0.25, 0.3) is 22.2 Å². The quantitative estimate of drug-likeness (QED) is 0.242. The van der Waals surface area contributed by atoms with Crippen molar-refractivity contribution in [3.8, 4) is 11.3 Å². The minimum Gasteiger partial charge on any atom is -0.267 e. The van der Waals surface area contributed by atoms with Gasteiger partial charge in [0.15, 0.2) is 0 Å². The van der Waals surface area contributed by atoms with Crippen molar-refractivity contribution < 1.29 is 4.79 Å². The predicted molar refractivity (Wildman–Crippen MR) is 129 cm³/mol. The van der Waals surface area contributed by atoms with Gasteiger partial charge in [-0.3, -0.25) is 4.79 Å². The molecule has 0 aliphatic rings. The molecule has 0 spiro atoms. The van der Waals surface area contributed by atoms with Gasteiger partial charge in [-0.25, -0.2) is 10.4 Å². The molecule has 8 heteroatoms. The molecule has 3 aromatic carbocycles. The van der Waals surface area contributed by atoms with Crippen LogP contribution in [-0.4, -0.2) is 17.1 Å². The van der Waals surface area contributed by atoms with Gasteiger partial charge in [0.25, 0.3) is 5.91 Å². The van der Waals surface area contributed by atoms with Crippen LogP contribution in [-0.2, 0) is 0 Å². The zero-order valence-corrected chi connectivity index (χ0v) is 18.8. The molecule has 1 amide bonds. The third-order valence-corrected chi connectivity index (χ3v) is 5.81. The molecule has 0 saturated carbocycles. The summed E-state index contributed by atoms with van der Waals surface area (Å²) in [6.07, 6.45) is 1.46. The summed E-state index contributed by atoms with van der Waals surface area (Å²) in [7, 11) is 0. The average molecular weight is 489 g/mol. The van der Waals surface area contributed by atoms with Crippen LogP contribution in [0.15, 0.2) is 71.8 Å². The Labute approximate surface area is 198 Å². The summed E-state index contributed by atoms with van der Waals surface area (Å²) in [6.45, 7) is 0. The van der Waals surface area contributed by atoms with Crippen LogP contribution in [0, 0.1) is 0 Å². The maximum Gasteiger partial charge on any atom is 0.272 e. The molecule has 0 bridgehead atoms. The zero-order valence-electron chi connectivity index (χ0n) is 15.7. The Bertz CT molecular complexity index is 1340. The van der Waals surface area contributed by atoms with Crippen LogP contribution in [0.3, 0.4) is 0 Å². The molecule has 0 saturated heterocycles. The van der Waals surface area contributed by atoms with E-state index < -0.39 is 0 Å². The first-order valence-electron chi connectivity index (χ1n) is 9.06. The van der Waals surface area contributed by atoms with Gasteiger partial charge < -0.3 is 0 Å². The number of para-hydroxylation sites is 1. The highest BCUT2D eigenvalue weighted by atomic mass is 35.5. The molecular formula is C23H13Cl4N3O. The van der Waals surface area contributed by atoms with Gasteiger partial charge in [-0.05, 0) is 36.4 Å². The van der Waals surface area contributed by atoms with Crippen LogP contribution in [0.4, 0.5) is 0 Å². The number of fused-ring (bicyclic) bond motifs is 1. The van der Waals surface area contributed by atoms with Crippen molar-refractivity contribution in [2.75, 3.05) is 0 Å². The molecule has 0 unspecified atom stereocenters. The fraction of sp³-hybridized carbons (Fsp3) is 0. The second-order valence-corrected chi connectivity index (χ2v) is 8.22. The van der Waals surface area contributed by atoms with Crippen molar-refractivity contribution in [3.05, 3.63) is 97.9 Å². The fourth-order valence-electron chi connectivity index (χ4n) is 2.99. The first-order valence-corrected chi connectivity index (χ1v) is 10.6. The molecule has 0 atom stereocenters. The first-order chi connectivity index (χ1) is 14.9. The van der Waals surface area contributed by atoms with Crippen molar-refractivity contribution in [2.45, 2.75) is 0 Å². The number of nitrogens with one attached hydrogen (secondary N) is 1. The van der Waals surface area contributed by atoms with Crippen LogP contribution < -0.4 is 5.43 Å². The number of amides is 1. The number of aromatic nitrogens is 1. The summed E-state index contributed by atoms with van der Waals surface area (Å²) >= 11 is 24.2. The van der Waals surface area contributed by atoms with Gasteiger partial charge in [0.05, 0.1) is 38.1 Å². The number of benzene rings is 3. The lowest BCUT2D eigenvalue weighted by Gasteiger charge is -2.09. The van der Waals surface area contributed by atoms with Gasteiger partial charge in [-0.15, -0.1) is 0 Å². The van der Waals surface area contributed by atoms with E-state index in [1.54, 1.807) is 42.5 Å². The number of carbonyl (C=O) groups is 1. The SMILES string of the molecule is O=C(N/N=C\c1ccc(Cl)cc1Cl)c1cc(-c2ccc(Cl)c(Cl)c2)nc2ccccc12. The molecule has 0 aliphatic carbocycles. The maximum atomic E-state index is 12.9. The summed E-state index contributed by atoms with van der Waals surface area (Å²) in [5, 5.41) is 6.53. The number of pyridine rings is 1. The summed E-state index contributed by atoms with van der Waals surface area (Å²) in [4.78, 5) is 17.6. The number of hydrogen-bond acceptors (Lipinski definition) is 3. The van der Waals surface area contributed by atoms with E-state index in [1.165, 1.54) is 6.21 Å². The van der Waals surface area contributed by atoms with Crippen LogP contribution in [0.5, 0.6) is 0 Å². The van der Waals surface area contributed by atoms with Crippen molar-refractivity contribution >= 4 is 69.4 Å². The summed E-state index contributed by atoms with van der Waals surface area (Å²) in [6, 6.07) is 19.3. The van der Waals surface area contributed by atoms with Gasteiger partial charge in [0.1, 0.15) is 0 Å². The number of halogens is 4.